The van der Waals surface area contributed by atoms with Crippen LogP contribution >= 0.6 is 27.3 Å². The molecule has 1 amide bonds. The summed E-state index contributed by atoms with van der Waals surface area (Å²) in [5.41, 5.74) is 1.81. The topological polar surface area (TPSA) is 92.2 Å². The molecule has 190 valence electrons. The van der Waals surface area contributed by atoms with Gasteiger partial charge in [-0.15, -0.1) is 0 Å². The number of anilines is 1. The predicted octanol–water partition coefficient (Wildman–Crippen LogP) is 5.53. The molecule has 3 aromatic carbocycles. The molecule has 1 aliphatic rings. The molecule has 0 spiro atoms. The summed E-state index contributed by atoms with van der Waals surface area (Å²) in [5, 5.41) is 6.10. The number of hydrazone groups is 1. The van der Waals surface area contributed by atoms with Crippen LogP contribution in [0.5, 0.6) is 5.75 Å². The number of amides is 1. The Morgan fingerprint density at radius 2 is 1.78 bits per heavy atom. The highest BCUT2D eigenvalue weighted by atomic mass is 79.9. The number of sulfonamides is 1. The third kappa shape index (κ3) is 5.45. The molecule has 4 aromatic rings. The molecule has 1 saturated heterocycles. The molecule has 37 heavy (non-hydrogen) atoms. The van der Waals surface area contributed by atoms with E-state index >= 15 is 0 Å². The van der Waals surface area contributed by atoms with Crippen LogP contribution in [0.4, 0.5) is 5.13 Å². The highest BCUT2D eigenvalue weighted by Crippen LogP contribution is 2.32. The van der Waals surface area contributed by atoms with E-state index in [2.05, 4.69) is 26.0 Å². The van der Waals surface area contributed by atoms with Gasteiger partial charge in [-0.1, -0.05) is 39.4 Å². The van der Waals surface area contributed by atoms with Gasteiger partial charge >= 0.3 is 0 Å². The summed E-state index contributed by atoms with van der Waals surface area (Å²) in [7, 11) is -1.98. The largest absolute Gasteiger partial charge is 0.497 e. The quantitative estimate of drug-likeness (QED) is 0.206. The van der Waals surface area contributed by atoms with E-state index in [1.807, 2.05) is 42.5 Å². The lowest BCUT2D eigenvalue weighted by atomic mass is 10.2. The number of aromatic nitrogens is 1. The van der Waals surface area contributed by atoms with Gasteiger partial charge in [-0.2, -0.15) is 14.4 Å². The minimum absolute atomic E-state index is 0.169. The first-order valence-corrected chi connectivity index (χ1v) is 14.6. The first kappa shape index (κ1) is 25.5. The van der Waals surface area contributed by atoms with Gasteiger partial charge in [0, 0.05) is 23.1 Å². The fourth-order valence-corrected chi connectivity index (χ4v) is 6.67. The van der Waals surface area contributed by atoms with E-state index in [4.69, 9.17) is 4.74 Å². The second-order valence-electron chi connectivity index (χ2n) is 8.38. The summed E-state index contributed by atoms with van der Waals surface area (Å²) in [5.74, 6) is 0.262. The average molecular weight is 600 g/mol. The van der Waals surface area contributed by atoms with Crippen molar-refractivity contribution in [1.29, 1.82) is 0 Å². The van der Waals surface area contributed by atoms with Crippen LogP contribution in [0.15, 0.2) is 81.2 Å². The number of thiazole rings is 1. The average Bonchev–Trinajstić information content (AvgIpc) is 3.60. The van der Waals surface area contributed by atoms with Gasteiger partial charge in [-0.25, -0.2) is 13.4 Å². The van der Waals surface area contributed by atoms with Crippen molar-refractivity contribution in [2.24, 2.45) is 5.10 Å². The van der Waals surface area contributed by atoms with Gasteiger partial charge in [-0.3, -0.25) is 4.79 Å². The van der Waals surface area contributed by atoms with E-state index in [9.17, 15) is 13.2 Å². The number of fused-ring (bicyclic) bond motifs is 1. The van der Waals surface area contributed by atoms with Crippen molar-refractivity contribution in [1.82, 2.24) is 9.29 Å². The van der Waals surface area contributed by atoms with Crippen LogP contribution in [0.1, 0.15) is 28.8 Å². The lowest BCUT2D eigenvalue weighted by Crippen LogP contribution is -2.28. The molecule has 0 saturated carbocycles. The van der Waals surface area contributed by atoms with Crippen molar-refractivity contribution in [2.45, 2.75) is 17.7 Å². The van der Waals surface area contributed by atoms with Crippen LogP contribution in [-0.2, 0) is 10.0 Å². The highest BCUT2D eigenvalue weighted by molar-refractivity contribution is 9.10. The van der Waals surface area contributed by atoms with Crippen LogP contribution < -0.4 is 9.75 Å². The maximum absolute atomic E-state index is 13.6. The molecule has 0 radical (unpaired) electrons. The first-order valence-electron chi connectivity index (χ1n) is 11.5. The number of hydrogen-bond acceptors (Lipinski definition) is 7. The van der Waals surface area contributed by atoms with Crippen molar-refractivity contribution in [3.05, 3.63) is 82.3 Å². The molecule has 0 N–H and O–H groups in total. The van der Waals surface area contributed by atoms with E-state index in [0.29, 0.717) is 35.1 Å². The molecule has 2 heterocycles. The van der Waals surface area contributed by atoms with Gasteiger partial charge in [0.05, 0.1) is 28.4 Å². The van der Waals surface area contributed by atoms with Crippen molar-refractivity contribution in [3.63, 3.8) is 0 Å². The normalized spacial score (nSPS) is 14.4. The zero-order chi connectivity index (χ0) is 26.0. The Labute approximate surface area is 227 Å². The van der Waals surface area contributed by atoms with Gasteiger partial charge in [0.1, 0.15) is 5.75 Å². The minimum Gasteiger partial charge on any atom is -0.497 e. The summed E-state index contributed by atoms with van der Waals surface area (Å²) >= 11 is 4.72. The number of ether oxygens (including phenoxy) is 1. The molecule has 1 aliphatic heterocycles. The number of benzene rings is 3. The van der Waals surface area contributed by atoms with Crippen LogP contribution in [0, 0.1) is 0 Å². The molecular weight excluding hydrogens is 576 g/mol. The second kappa shape index (κ2) is 10.7. The number of nitrogens with zero attached hydrogens (tertiary/aromatic N) is 4. The summed E-state index contributed by atoms with van der Waals surface area (Å²) in [6.45, 7) is 1.04. The summed E-state index contributed by atoms with van der Waals surface area (Å²) in [6, 6.07) is 19.0. The molecule has 0 bridgehead atoms. The van der Waals surface area contributed by atoms with Gasteiger partial charge < -0.3 is 4.74 Å². The summed E-state index contributed by atoms with van der Waals surface area (Å²) in [4.78, 5) is 18.4. The fourth-order valence-electron chi connectivity index (χ4n) is 3.94. The van der Waals surface area contributed by atoms with Gasteiger partial charge in [0.25, 0.3) is 5.91 Å². The van der Waals surface area contributed by atoms with E-state index in [-0.39, 0.29) is 4.90 Å². The van der Waals surface area contributed by atoms with Crippen molar-refractivity contribution in [2.75, 3.05) is 25.2 Å². The second-order valence-corrected chi connectivity index (χ2v) is 12.2. The lowest BCUT2D eigenvalue weighted by molar-refractivity contribution is 0.0987. The van der Waals surface area contributed by atoms with Gasteiger partial charge in [0.2, 0.25) is 15.2 Å². The zero-order valence-corrected chi connectivity index (χ0v) is 23.1. The number of hydrogen-bond donors (Lipinski definition) is 0. The molecule has 8 nitrogen and oxygen atoms in total. The number of carbonyl (C=O) groups is 1. The number of methoxy groups -OCH3 is 1. The Morgan fingerprint density at radius 1 is 1.08 bits per heavy atom. The molecule has 0 unspecified atom stereocenters. The lowest BCUT2D eigenvalue weighted by Gasteiger charge is -2.16. The Balaban J connectivity index is 1.49. The summed E-state index contributed by atoms with van der Waals surface area (Å²) < 4.78 is 34.4. The fraction of sp³-hybridized carbons (Fsp3) is 0.192. The smallest absolute Gasteiger partial charge is 0.280 e. The third-order valence-corrected chi connectivity index (χ3v) is 9.39. The van der Waals surface area contributed by atoms with Crippen LogP contribution in [0.25, 0.3) is 10.2 Å². The molecule has 1 aromatic heterocycles. The summed E-state index contributed by atoms with van der Waals surface area (Å²) in [6.07, 6.45) is 3.30. The number of rotatable bonds is 7. The monoisotopic (exact) mass is 598 g/mol. The van der Waals surface area contributed by atoms with E-state index in [0.717, 1.165) is 27.6 Å². The molecule has 5 rings (SSSR count). The van der Waals surface area contributed by atoms with Gasteiger partial charge in [0.15, 0.2) is 0 Å². The van der Waals surface area contributed by atoms with Crippen molar-refractivity contribution < 1.29 is 17.9 Å². The maximum atomic E-state index is 13.6. The molecule has 0 aliphatic carbocycles. The number of halogens is 1. The SMILES string of the molecule is COc1ccc2nc(N(/N=C/c3ccc(Br)cc3)C(=O)c3ccc(S(=O)(=O)N4CCCC4)cc3)sc2c1. The van der Waals surface area contributed by atoms with Crippen molar-refractivity contribution >= 4 is 64.8 Å². The Morgan fingerprint density at radius 3 is 2.46 bits per heavy atom. The van der Waals surface area contributed by atoms with Crippen LogP contribution in [-0.4, -0.2) is 50.0 Å². The maximum Gasteiger partial charge on any atom is 0.280 e. The molecular formula is C26H23BrN4O4S2. The van der Waals surface area contributed by atoms with E-state index in [1.165, 1.54) is 44.9 Å². The highest BCUT2D eigenvalue weighted by Gasteiger charge is 2.28. The standard InChI is InChI=1S/C26H23BrN4O4S2/c1-35-21-10-13-23-24(16-21)36-26(29-23)31(28-17-18-4-8-20(27)9-5-18)25(32)19-6-11-22(12-7-19)37(33,34)30-14-2-3-15-30/h4-13,16-17H,2-3,14-15H2,1H3/b28-17+. The molecule has 11 heteroatoms. The van der Waals surface area contributed by atoms with E-state index < -0.39 is 15.9 Å². The zero-order valence-electron chi connectivity index (χ0n) is 19.9. The minimum atomic E-state index is -3.57. The van der Waals surface area contributed by atoms with Crippen LogP contribution in [0.3, 0.4) is 0 Å². The van der Waals surface area contributed by atoms with Gasteiger partial charge in [-0.05, 0) is 73.0 Å². The first-order chi connectivity index (χ1) is 17.8. The molecule has 0 atom stereocenters. The van der Waals surface area contributed by atoms with E-state index in [1.54, 1.807) is 13.3 Å². The Kier molecular flexibility index (Phi) is 7.38. The Bertz CT molecular complexity index is 1560. The molecule has 1 fully saturated rings. The van der Waals surface area contributed by atoms with Crippen LogP contribution in [0.2, 0.25) is 0 Å². The van der Waals surface area contributed by atoms with Crippen molar-refractivity contribution in [3.8, 4) is 5.75 Å². The number of carbonyl (C=O) groups excluding carboxylic acids is 1. The third-order valence-electron chi connectivity index (χ3n) is 5.95. The predicted molar refractivity (Wildman–Crippen MR) is 149 cm³/mol. The Hall–Kier alpha value is -3.12.